The Kier molecular flexibility index (Phi) is 4.11. The first-order chi connectivity index (χ1) is 9.08. The molecule has 0 aliphatic rings. The average Bonchev–Trinajstić information content (AvgIpc) is 2.81. The van der Waals surface area contributed by atoms with E-state index in [1.54, 1.807) is 0 Å². The molecular weight excluding hydrogens is 260 g/mol. The van der Waals surface area contributed by atoms with Gasteiger partial charge in [0.25, 0.3) is 0 Å². The van der Waals surface area contributed by atoms with Gasteiger partial charge < -0.3 is 5.32 Å². The summed E-state index contributed by atoms with van der Waals surface area (Å²) < 4.78 is 0. The normalized spacial score (nSPS) is 10.3. The highest BCUT2D eigenvalue weighted by Crippen LogP contribution is 2.18. The summed E-state index contributed by atoms with van der Waals surface area (Å²) in [5.74, 6) is 0. The van der Waals surface area contributed by atoms with Gasteiger partial charge in [-0.15, -0.1) is 10.2 Å². The predicted octanol–water partition coefficient (Wildman–Crippen LogP) is 3.36. The fourth-order valence-corrected chi connectivity index (χ4v) is 2.24. The van der Waals surface area contributed by atoms with Crippen molar-refractivity contribution in [3.8, 4) is 0 Å². The second kappa shape index (κ2) is 5.79. The molecule has 0 aliphatic carbocycles. The van der Waals surface area contributed by atoms with E-state index in [-0.39, 0.29) is 6.03 Å². The molecule has 6 heteroatoms. The molecule has 0 radical (unpaired) electrons. The smallest absolute Gasteiger partial charge is 0.307 e. The number of rotatable bonds is 3. The van der Waals surface area contributed by atoms with Crippen molar-refractivity contribution in [1.29, 1.82) is 0 Å². The van der Waals surface area contributed by atoms with Gasteiger partial charge >= 0.3 is 6.03 Å². The van der Waals surface area contributed by atoms with Gasteiger partial charge in [0, 0.05) is 5.69 Å². The Morgan fingerprint density at radius 3 is 2.74 bits per heavy atom. The molecule has 0 saturated heterocycles. The average molecular weight is 276 g/mol. The number of benzene rings is 1. The summed E-state index contributed by atoms with van der Waals surface area (Å²) in [6.07, 6.45) is 0.817. The lowest BCUT2D eigenvalue weighted by molar-refractivity contribution is 0.262. The van der Waals surface area contributed by atoms with Crippen molar-refractivity contribution in [2.24, 2.45) is 0 Å². The van der Waals surface area contributed by atoms with E-state index in [1.165, 1.54) is 11.3 Å². The molecule has 0 fully saturated rings. The number of urea groups is 1. The van der Waals surface area contributed by atoms with E-state index in [9.17, 15) is 4.79 Å². The standard InChI is InChI=1S/C13H16N4OS/c1-4-11-16-17-13(19-11)15-12(18)14-10-7-8(2)5-6-9(10)3/h5-7H,4H2,1-3H3,(H2,14,15,17,18). The molecule has 0 aliphatic heterocycles. The van der Waals surface area contributed by atoms with E-state index in [2.05, 4.69) is 20.8 Å². The first kappa shape index (κ1) is 13.5. The molecule has 1 heterocycles. The Balaban J connectivity index is 2.03. The molecule has 0 unspecified atom stereocenters. The van der Waals surface area contributed by atoms with Gasteiger partial charge in [-0.25, -0.2) is 4.79 Å². The second-order valence-electron chi connectivity index (χ2n) is 4.25. The number of anilines is 2. The van der Waals surface area contributed by atoms with E-state index in [0.29, 0.717) is 5.13 Å². The first-order valence-corrected chi connectivity index (χ1v) is 6.87. The van der Waals surface area contributed by atoms with Gasteiger partial charge in [-0.3, -0.25) is 5.32 Å². The maximum absolute atomic E-state index is 11.9. The lowest BCUT2D eigenvalue weighted by Crippen LogP contribution is -2.19. The van der Waals surface area contributed by atoms with Gasteiger partial charge in [0.1, 0.15) is 5.01 Å². The number of amides is 2. The fourth-order valence-electron chi connectivity index (χ4n) is 1.57. The zero-order valence-electron chi connectivity index (χ0n) is 11.2. The minimum Gasteiger partial charge on any atom is -0.307 e. The van der Waals surface area contributed by atoms with Crippen molar-refractivity contribution < 1.29 is 4.79 Å². The zero-order chi connectivity index (χ0) is 13.8. The molecule has 0 spiro atoms. The number of carbonyl (C=O) groups is 1. The van der Waals surface area contributed by atoms with Crippen LogP contribution in [0.4, 0.5) is 15.6 Å². The lowest BCUT2D eigenvalue weighted by atomic mass is 10.1. The van der Waals surface area contributed by atoms with E-state index in [4.69, 9.17) is 0 Å². The van der Waals surface area contributed by atoms with Crippen LogP contribution in [0.25, 0.3) is 0 Å². The van der Waals surface area contributed by atoms with E-state index >= 15 is 0 Å². The monoisotopic (exact) mass is 276 g/mol. The SMILES string of the molecule is CCc1nnc(NC(=O)Nc2cc(C)ccc2C)s1. The van der Waals surface area contributed by atoms with Gasteiger partial charge in [0.15, 0.2) is 0 Å². The third kappa shape index (κ3) is 3.51. The molecular formula is C13H16N4OS. The summed E-state index contributed by atoms with van der Waals surface area (Å²) in [5, 5.41) is 14.8. The minimum absolute atomic E-state index is 0.299. The first-order valence-electron chi connectivity index (χ1n) is 6.06. The molecule has 2 N–H and O–H groups in total. The number of nitrogens with zero attached hydrogens (tertiary/aromatic N) is 2. The number of hydrogen-bond donors (Lipinski definition) is 2. The quantitative estimate of drug-likeness (QED) is 0.903. The Morgan fingerprint density at radius 1 is 1.26 bits per heavy atom. The maximum atomic E-state index is 11.9. The number of aryl methyl sites for hydroxylation is 3. The summed E-state index contributed by atoms with van der Waals surface area (Å²) in [4.78, 5) is 11.9. The summed E-state index contributed by atoms with van der Waals surface area (Å²) in [5.41, 5.74) is 2.93. The Labute approximate surface area is 116 Å². The van der Waals surface area contributed by atoms with Crippen molar-refractivity contribution in [2.75, 3.05) is 10.6 Å². The summed E-state index contributed by atoms with van der Waals surface area (Å²) in [6.45, 7) is 5.94. The number of hydrogen-bond acceptors (Lipinski definition) is 4. The molecule has 19 heavy (non-hydrogen) atoms. The van der Waals surface area contributed by atoms with Gasteiger partial charge in [-0.2, -0.15) is 0 Å². The Morgan fingerprint density at radius 2 is 2.05 bits per heavy atom. The van der Waals surface area contributed by atoms with Gasteiger partial charge in [-0.1, -0.05) is 30.4 Å². The van der Waals surface area contributed by atoms with E-state index in [1.807, 2.05) is 39.0 Å². The summed E-state index contributed by atoms with van der Waals surface area (Å²) in [6, 6.07) is 5.63. The van der Waals surface area contributed by atoms with Crippen LogP contribution in [0.15, 0.2) is 18.2 Å². The summed E-state index contributed by atoms with van der Waals surface area (Å²) in [7, 11) is 0. The Bertz CT molecular complexity index is 594. The summed E-state index contributed by atoms with van der Waals surface area (Å²) >= 11 is 1.38. The molecule has 1 aromatic heterocycles. The van der Waals surface area contributed by atoms with E-state index < -0.39 is 0 Å². The van der Waals surface area contributed by atoms with E-state index in [0.717, 1.165) is 28.2 Å². The molecule has 0 atom stereocenters. The molecule has 0 saturated carbocycles. The van der Waals surface area contributed by atoms with Crippen LogP contribution in [0.1, 0.15) is 23.1 Å². The van der Waals surface area contributed by atoms with Gasteiger partial charge in [-0.05, 0) is 37.5 Å². The van der Waals surface area contributed by atoms with Crippen LogP contribution in [0.3, 0.4) is 0 Å². The highest BCUT2D eigenvalue weighted by Gasteiger charge is 2.08. The maximum Gasteiger partial charge on any atom is 0.325 e. The van der Waals surface area contributed by atoms with Gasteiger partial charge in [0.05, 0.1) is 0 Å². The molecule has 2 rings (SSSR count). The minimum atomic E-state index is -0.299. The largest absolute Gasteiger partial charge is 0.325 e. The predicted molar refractivity (Wildman–Crippen MR) is 77.8 cm³/mol. The molecule has 100 valence electrons. The van der Waals surface area contributed by atoms with Crippen LogP contribution in [-0.2, 0) is 6.42 Å². The number of aromatic nitrogens is 2. The lowest BCUT2D eigenvalue weighted by Gasteiger charge is -2.09. The van der Waals surface area contributed by atoms with Crippen LogP contribution in [0.5, 0.6) is 0 Å². The second-order valence-corrected chi connectivity index (χ2v) is 5.31. The van der Waals surface area contributed by atoms with Crippen molar-refractivity contribution in [3.05, 3.63) is 34.3 Å². The van der Waals surface area contributed by atoms with Crippen molar-refractivity contribution in [2.45, 2.75) is 27.2 Å². The zero-order valence-corrected chi connectivity index (χ0v) is 12.0. The molecule has 2 aromatic rings. The topological polar surface area (TPSA) is 66.9 Å². The number of carbonyl (C=O) groups excluding carboxylic acids is 1. The third-order valence-electron chi connectivity index (χ3n) is 2.63. The van der Waals surface area contributed by atoms with Crippen LogP contribution >= 0.6 is 11.3 Å². The third-order valence-corrected chi connectivity index (χ3v) is 3.61. The van der Waals surface area contributed by atoms with Gasteiger partial charge in [0.2, 0.25) is 5.13 Å². The highest BCUT2D eigenvalue weighted by atomic mass is 32.1. The number of nitrogens with one attached hydrogen (secondary N) is 2. The molecule has 2 amide bonds. The van der Waals surface area contributed by atoms with Crippen molar-refractivity contribution >= 4 is 28.2 Å². The Hall–Kier alpha value is -1.95. The molecule has 5 nitrogen and oxygen atoms in total. The fraction of sp³-hybridized carbons (Fsp3) is 0.308. The van der Waals surface area contributed by atoms with Crippen LogP contribution < -0.4 is 10.6 Å². The molecule has 0 bridgehead atoms. The van der Waals surface area contributed by atoms with Crippen LogP contribution in [0, 0.1) is 13.8 Å². The van der Waals surface area contributed by atoms with Crippen molar-refractivity contribution in [3.63, 3.8) is 0 Å². The highest BCUT2D eigenvalue weighted by molar-refractivity contribution is 7.15. The van der Waals surface area contributed by atoms with Crippen molar-refractivity contribution in [1.82, 2.24) is 10.2 Å². The van der Waals surface area contributed by atoms with Crippen LogP contribution in [-0.4, -0.2) is 16.2 Å². The van der Waals surface area contributed by atoms with Crippen LogP contribution in [0.2, 0.25) is 0 Å². The molecule has 1 aromatic carbocycles.